The van der Waals surface area contributed by atoms with Crippen LogP contribution >= 0.6 is 15.9 Å². The Bertz CT molecular complexity index is 729. The number of halogens is 1. The summed E-state index contributed by atoms with van der Waals surface area (Å²) in [4.78, 5) is 23.2. The Kier molecular flexibility index (Phi) is 5.95. The van der Waals surface area contributed by atoms with Crippen LogP contribution in [-0.4, -0.2) is 44.4 Å². The van der Waals surface area contributed by atoms with Crippen LogP contribution in [-0.2, 0) is 24.2 Å². The van der Waals surface area contributed by atoms with E-state index in [4.69, 9.17) is 4.74 Å². The van der Waals surface area contributed by atoms with E-state index in [0.29, 0.717) is 6.42 Å². The number of hydrogen-bond acceptors (Lipinski definition) is 5. The smallest absolute Gasteiger partial charge is 0.331 e. The van der Waals surface area contributed by atoms with E-state index in [0.717, 1.165) is 10.0 Å². The van der Waals surface area contributed by atoms with Crippen LogP contribution in [0.2, 0.25) is 0 Å². The molecule has 23 heavy (non-hydrogen) atoms. The van der Waals surface area contributed by atoms with E-state index >= 15 is 0 Å². The minimum absolute atomic E-state index is 0.0600. The van der Waals surface area contributed by atoms with Gasteiger partial charge in [0.05, 0.1) is 11.5 Å². The number of carbonyl (C=O) groups excluding carboxylic acids is 2. The van der Waals surface area contributed by atoms with E-state index in [-0.39, 0.29) is 11.5 Å². The Balaban J connectivity index is 1.75. The van der Waals surface area contributed by atoms with Gasteiger partial charge >= 0.3 is 5.97 Å². The summed E-state index contributed by atoms with van der Waals surface area (Å²) in [6, 6.07) is 6.95. The second-order valence-electron chi connectivity index (χ2n) is 5.16. The molecule has 1 amide bonds. The van der Waals surface area contributed by atoms with Crippen LogP contribution in [0.4, 0.5) is 0 Å². The molecule has 1 N–H and O–H groups in total. The lowest BCUT2D eigenvalue weighted by molar-refractivity contribution is -0.143. The van der Waals surface area contributed by atoms with Gasteiger partial charge in [0.15, 0.2) is 16.4 Å². The zero-order valence-electron chi connectivity index (χ0n) is 12.2. The molecule has 8 heteroatoms. The molecule has 1 atom stereocenters. The maximum absolute atomic E-state index is 11.6. The summed E-state index contributed by atoms with van der Waals surface area (Å²) in [6.07, 6.45) is 3.20. The molecule has 124 valence electrons. The molecule has 0 aliphatic carbocycles. The Morgan fingerprint density at radius 3 is 2.83 bits per heavy atom. The maximum atomic E-state index is 11.6. The second kappa shape index (κ2) is 7.74. The molecule has 0 bridgehead atoms. The number of hydrogen-bond donors (Lipinski definition) is 1. The van der Waals surface area contributed by atoms with Crippen molar-refractivity contribution in [1.29, 1.82) is 0 Å². The van der Waals surface area contributed by atoms with Crippen molar-refractivity contribution in [3.63, 3.8) is 0 Å². The number of rotatable bonds is 5. The maximum Gasteiger partial charge on any atom is 0.331 e. The van der Waals surface area contributed by atoms with Gasteiger partial charge < -0.3 is 10.1 Å². The van der Waals surface area contributed by atoms with Crippen molar-refractivity contribution in [2.24, 2.45) is 0 Å². The molecule has 0 aromatic heterocycles. The number of amides is 1. The van der Waals surface area contributed by atoms with Crippen molar-refractivity contribution in [2.75, 3.05) is 18.1 Å². The number of benzene rings is 1. The summed E-state index contributed by atoms with van der Waals surface area (Å²) in [6.45, 7) is -0.432. The second-order valence-corrected chi connectivity index (χ2v) is 8.31. The lowest BCUT2D eigenvalue weighted by atomic mass is 10.2. The van der Waals surface area contributed by atoms with E-state index in [1.807, 2.05) is 24.3 Å². The molecule has 1 aliphatic heterocycles. The Labute approximate surface area is 142 Å². The number of sulfone groups is 1. The zero-order valence-corrected chi connectivity index (χ0v) is 14.6. The highest BCUT2D eigenvalue weighted by molar-refractivity contribution is 9.10. The standard InChI is InChI=1S/C15H16BrNO5S/c16-12-3-1-2-11(8-12)4-5-15(19)22-9-14(18)17-13-6-7-23(20,21)10-13/h1-5,8,13H,6-7,9-10H2,(H,17,18)/b5-4-/t13-/m1/s1. The minimum Gasteiger partial charge on any atom is -0.452 e. The zero-order chi connectivity index (χ0) is 16.9. The summed E-state index contributed by atoms with van der Waals surface area (Å²) in [5.41, 5.74) is 0.817. The predicted octanol–water partition coefficient (Wildman–Crippen LogP) is 1.31. The van der Waals surface area contributed by atoms with Gasteiger partial charge in [-0.15, -0.1) is 0 Å². The van der Waals surface area contributed by atoms with Gasteiger partial charge in [0.25, 0.3) is 5.91 Å². The van der Waals surface area contributed by atoms with Crippen molar-refractivity contribution in [2.45, 2.75) is 12.5 Å². The Morgan fingerprint density at radius 2 is 2.17 bits per heavy atom. The largest absolute Gasteiger partial charge is 0.452 e. The van der Waals surface area contributed by atoms with E-state index in [1.165, 1.54) is 6.08 Å². The van der Waals surface area contributed by atoms with Crippen molar-refractivity contribution in [3.8, 4) is 0 Å². The van der Waals surface area contributed by atoms with Crippen LogP contribution in [0.1, 0.15) is 12.0 Å². The minimum atomic E-state index is -3.05. The van der Waals surface area contributed by atoms with Gasteiger partial charge in [-0.05, 0) is 30.2 Å². The average Bonchev–Trinajstić information content (AvgIpc) is 2.82. The Morgan fingerprint density at radius 1 is 1.39 bits per heavy atom. The fourth-order valence-corrected chi connectivity index (χ4v) is 4.23. The van der Waals surface area contributed by atoms with E-state index in [9.17, 15) is 18.0 Å². The van der Waals surface area contributed by atoms with E-state index in [2.05, 4.69) is 21.2 Å². The SMILES string of the molecule is O=C(COC(=O)/C=C\c1cccc(Br)c1)N[C@@H]1CCS(=O)(=O)C1. The van der Waals surface area contributed by atoms with Gasteiger partial charge in [-0.25, -0.2) is 13.2 Å². The molecule has 0 spiro atoms. The normalized spacial score (nSPS) is 19.6. The summed E-state index contributed by atoms with van der Waals surface area (Å²) >= 11 is 3.32. The van der Waals surface area contributed by atoms with Crippen molar-refractivity contribution in [3.05, 3.63) is 40.4 Å². The van der Waals surface area contributed by atoms with E-state index < -0.39 is 34.4 Å². The van der Waals surface area contributed by atoms with Gasteiger partial charge in [0.2, 0.25) is 0 Å². The van der Waals surface area contributed by atoms with Crippen LogP contribution in [0.15, 0.2) is 34.8 Å². The molecule has 0 radical (unpaired) electrons. The first-order chi connectivity index (χ1) is 10.8. The third-order valence-corrected chi connectivity index (χ3v) is 5.46. The third-order valence-electron chi connectivity index (χ3n) is 3.20. The molecular weight excluding hydrogens is 386 g/mol. The molecule has 1 aromatic rings. The highest BCUT2D eigenvalue weighted by Gasteiger charge is 2.28. The summed E-state index contributed by atoms with van der Waals surface area (Å²) < 4.78 is 28.3. The molecular formula is C15H16BrNO5S. The van der Waals surface area contributed by atoms with Crippen LogP contribution in [0.5, 0.6) is 0 Å². The van der Waals surface area contributed by atoms with Crippen molar-refractivity contribution >= 4 is 43.7 Å². The lowest BCUT2D eigenvalue weighted by Gasteiger charge is -2.10. The molecule has 6 nitrogen and oxygen atoms in total. The molecule has 1 saturated heterocycles. The quantitative estimate of drug-likeness (QED) is 0.593. The number of nitrogens with one attached hydrogen (secondary N) is 1. The van der Waals surface area contributed by atoms with Gasteiger partial charge in [0.1, 0.15) is 0 Å². The predicted molar refractivity (Wildman–Crippen MR) is 89.3 cm³/mol. The number of carbonyl (C=O) groups is 2. The highest BCUT2D eigenvalue weighted by Crippen LogP contribution is 2.13. The molecule has 0 saturated carbocycles. The van der Waals surface area contributed by atoms with Crippen LogP contribution in [0.25, 0.3) is 6.08 Å². The van der Waals surface area contributed by atoms with Gasteiger partial charge in [-0.1, -0.05) is 28.1 Å². The monoisotopic (exact) mass is 401 g/mol. The molecule has 0 unspecified atom stereocenters. The Hall–Kier alpha value is -1.67. The number of ether oxygens (including phenoxy) is 1. The summed E-state index contributed by atoms with van der Waals surface area (Å²) in [5, 5.41) is 2.55. The van der Waals surface area contributed by atoms with Crippen LogP contribution < -0.4 is 5.32 Å². The first kappa shape index (κ1) is 17.7. The molecule has 1 fully saturated rings. The first-order valence-electron chi connectivity index (χ1n) is 6.94. The summed E-state index contributed by atoms with van der Waals surface area (Å²) in [5.74, 6) is -1.13. The lowest BCUT2D eigenvalue weighted by Crippen LogP contribution is -2.38. The van der Waals surface area contributed by atoms with Gasteiger partial charge in [0, 0.05) is 16.6 Å². The fraction of sp³-hybridized carbons (Fsp3) is 0.333. The molecule has 2 rings (SSSR count). The van der Waals surface area contributed by atoms with Crippen molar-refractivity contribution in [1.82, 2.24) is 5.32 Å². The van der Waals surface area contributed by atoms with Crippen molar-refractivity contribution < 1.29 is 22.7 Å². The first-order valence-corrected chi connectivity index (χ1v) is 9.56. The van der Waals surface area contributed by atoms with E-state index in [1.54, 1.807) is 6.08 Å². The summed E-state index contributed by atoms with van der Waals surface area (Å²) in [7, 11) is -3.05. The molecule has 1 aromatic carbocycles. The highest BCUT2D eigenvalue weighted by atomic mass is 79.9. The molecule has 1 aliphatic rings. The average molecular weight is 402 g/mol. The topological polar surface area (TPSA) is 89.5 Å². The van der Waals surface area contributed by atoms with Gasteiger partial charge in [-0.2, -0.15) is 0 Å². The van der Waals surface area contributed by atoms with Gasteiger partial charge in [-0.3, -0.25) is 4.79 Å². The fourth-order valence-electron chi connectivity index (χ4n) is 2.14. The van der Waals surface area contributed by atoms with Crippen LogP contribution in [0, 0.1) is 0 Å². The third kappa shape index (κ3) is 6.15. The number of esters is 1. The molecule has 1 heterocycles. The van der Waals surface area contributed by atoms with Crippen LogP contribution in [0.3, 0.4) is 0 Å².